The third-order valence-corrected chi connectivity index (χ3v) is 7.33. The Balaban J connectivity index is 1.53. The predicted octanol–water partition coefficient (Wildman–Crippen LogP) is 3.55. The molecule has 5 rings (SSSR count). The Hall–Kier alpha value is -3.53. The van der Waals surface area contributed by atoms with E-state index in [-0.39, 0.29) is 11.5 Å². The first-order chi connectivity index (χ1) is 15.9. The summed E-state index contributed by atoms with van der Waals surface area (Å²) in [6.07, 6.45) is 0.619. The van der Waals surface area contributed by atoms with Gasteiger partial charge in [-0.25, -0.2) is 13.4 Å². The van der Waals surface area contributed by atoms with Crippen LogP contribution in [-0.4, -0.2) is 41.7 Å². The van der Waals surface area contributed by atoms with Gasteiger partial charge in [0, 0.05) is 5.56 Å². The van der Waals surface area contributed by atoms with Gasteiger partial charge in [-0.1, -0.05) is 70.6 Å². The van der Waals surface area contributed by atoms with Crippen LogP contribution in [0.25, 0.3) is 0 Å². The minimum absolute atomic E-state index is 0.102. The molecule has 2 aliphatic heterocycles. The van der Waals surface area contributed by atoms with Gasteiger partial charge in [0.15, 0.2) is 6.17 Å². The molecule has 2 aliphatic rings. The fourth-order valence-corrected chi connectivity index (χ4v) is 5.25. The van der Waals surface area contributed by atoms with E-state index in [0.29, 0.717) is 11.3 Å². The van der Waals surface area contributed by atoms with Crippen molar-refractivity contribution in [3.05, 3.63) is 95.6 Å². The molecule has 0 aliphatic carbocycles. The Labute approximate surface area is 192 Å². The highest BCUT2D eigenvalue weighted by Gasteiger charge is 2.47. The number of carbonyl (C=O) groups is 1. The Morgan fingerprint density at radius 1 is 0.970 bits per heavy atom. The number of rotatable bonds is 5. The highest BCUT2D eigenvalue weighted by Crippen LogP contribution is 2.40. The smallest absolute Gasteiger partial charge is 0.265 e. The van der Waals surface area contributed by atoms with E-state index >= 15 is 0 Å². The fraction of sp³-hybridized carbons (Fsp3) is 0.167. The molecule has 0 radical (unpaired) electrons. The minimum Gasteiger partial charge on any atom is -0.271 e. The second-order valence-corrected chi connectivity index (χ2v) is 9.68. The van der Waals surface area contributed by atoms with Crippen molar-refractivity contribution < 1.29 is 18.0 Å². The number of sulfonamides is 1. The van der Waals surface area contributed by atoms with E-state index < -0.39 is 28.6 Å². The van der Waals surface area contributed by atoms with Crippen LogP contribution >= 0.6 is 0 Å². The van der Waals surface area contributed by atoms with Crippen LogP contribution in [-0.2, 0) is 26.3 Å². The maximum atomic E-state index is 13.5. The van der Waals surface area contributed by atoms with Gasteiger partial charge in [0.1, 0.15) is 19.5 Å². The molecule has 33 heavy (non-hydrogen) atoms. The van der Waals surface area contributed by atoms with Crippen molar-refractivity contribution in [2.75, 3.05) is 6.54 Å². The molecule has 0 spiro atoms. The van der Waals surface area contributed by atoms with Crippen LogP contribution in [0.15, 0.2) is 88.8 Å². The summed E-state index contributed by atoms with van der Waals surface area (Å²) in [5.41, 5.74) is 3.15. The number of amides is 1. The number of para-hydroxylation sites is 1. The van der Waals surface area contributed by atoms with Gasteiger partial charge in [0.05, 0.1) is 10.6 Å². The van der Waals surface area contributed by atoms with E-state index in [4.69, 9.17) is 4.84 Å². The molecular weight excluding hydrogens is 440 g/mol. The molecule has 0 N–H and O–H groups in total. The van der Waals surface area contributed by atoms with Gasteiger partial charge in [-0.2, -0.15) is 5.06 Å². The first-order valence-electron chi connectivity index (χ1n) is 10.4. The summed E-state index contributed by atoms with van der Waals surface area (Å²) < 4.78 is 28.1. The van der Waals surface area contributed by atoms with Crippen LogP contribution in [0.4, 0.5) is 5.69 Å². The second kappa shape index (κ2) is 8.43. The monoisotopic (exact) mass is 462 g/mol. The lowest BCUT2D eigenvalue weighted by Crippen LogP contribution is -2.62. The molecule has 1 unspecified atom stereocenters. The average molecular weight is 463 g/mol. The van der Waals surface area contributed by atoms with Crippen LogP contribution < -0.4 is 0 Å². The summed E-state index contributed by atoms with van der Waals surface area (Å²) in [6.45, 7) is 1.64. The third kappa shape index (κ3) is 3.91. The Kier molecular flexibility index (Phi) is 5.45. The van der Waals surface area contributed by atoms with E-state index in [1.54, 1.807) is 12.1 Å². The zero-order chi connectivity index (χ0) is 23.0. The molecule has 0 saturated carbocycles. The van der Waals surface area contributed by atoms with E-state index in [1.807, 2.05) is 61.5 Å². The second-order valence-electron chi connectivity index (χ2n) is 7.83. The van der Waals surface area contributed by atoms with Crippen molar-refractivity contribution in [3.63, 3.8) is 0 Å². The van der Waals surface area contributed by atoms with E-state index in [2.05, 4.69) is 4.99 Å². The van der Waals surface area contributed by atoms with Crippen LogP contribution in [0.3, 0.4) is 0 Å². The lowest BCUT2D eigenvalue weighted by Gasteiger charge is -2.47. The summed E-state index contributed by atoms with van der Waals surface area (Å²) in [4.78, 5) is 23.7. The molecule has 3 aromatic carbocycles. The van der Waals surface area contributed by atoms with Crippen molar-refractivity contribution in [1.29, 1.82) is 0 Å². The number of fused-ring (bicyclic) bond motifs is 3. The normalized spacial score (nSPS) is 18.2. The van der Waals surface area contributed by atoms with E-state index in [1.165, 1.54) is 28.5 Å². The molecule has 0 bridgehead atoms. The third-order valence-electron chi connectivity index (χ3n) is 5.59. The zero-order valence-corrected chi connectivity index (χ0v) is 18.7. The molecule has 1 fully saturated rings. The van der Waals surface area contributed by atoms with Gasteiger partial charge in [-0.15, -0.1) is 0 Å². The van der Waals surface area contributed by atoms with Crippen molar-refractivity contribution in [2.24, 2.45) is 4.99 Å². The van der Waals surface area contributed by atoms with E-state index in [9.17, 15) is 13.2 Å². The van der Waals surface area contributed by atoms with Crippen molar-refractivity contribution in [2.45, 2.75) is 24.6 Å². The molecule has 3 aromatic rings. The highest BCUT2D eigenvalue weighted by atomic mass is 32.2. The lowest BCUT2D eigenvalue weighted by molar-refractivity contribution is -0.248. The predicted molar refractivity (Wildman–Crippen MR) is 122 cm³/mol. The minimum atomic E-state index is -4.01. The first kappa shape index (κ1) is 21.3. The summed E-state index contributed by atoms with van der Waals surface area (Å²) >= 11 is 0. The zero-order valence-electron chi connectivity index (χ0n) is 17.9. The molecule has 1 atom stereocenters. The number of aryl methyl sites for hydroxylation is 1. The van der Waals surface area contributed by atoms with Gasteiger partial charge in [0.2, 0.25) is 0 Å². The van der Waals surface area contributed by atoms with Crippen LogP contribution in [0.2, 0.25) is 0 Å². The molecule has 1 saturated heterocycles. The lowest BCUT2D eigenvalue weighted by atomic mass is 10.1. The molecule has 2 heterocycles. The van der Waals surface area contributed by atoms with Gasteiger partial charge in [-0.05, 0) is 30.7 Å². The van der Waals surface area contributed by atoms with Crippen molar-refractivity contribution >= 4 is 28.0 Å². The largest absolute Gasteiger partial charge is 0.271 e. The molecule has 9 heteroatoms. The van der Waals surface area contributed by atoms with E-state index in [0.717, 1.165) is 15.5 Å². The van der Waals surface area contributed by atoms with Gasteiger partial charge in [0.25, 0.3) is 15.9 Å². The Morgan fingerprint density at radius 3 is 2.42 bits per heavy atom. The fourth-order valence-electron chi connectivity index (χ4n) is 3.87. The number of hydrogen-bond acceptors (Lipinski definition) is 6. The molecule has 1 amide bonds. The quantitative estimate of drug-likeness (QED) is 0.579. The SMILES string of the molecule is Cc1ccc(S(=O)(=O)N2CC(=O)N(OCc3ccccc3)C3c4ccccc4N=CN32)cc1. The topological polar surface area (TPSA) is 82.5 Å². The van der Waals surface area contributed by atoms with Crippen LogP contribution in [0.1, 0.15) is 22.9 Å². The van der Waals surface area contributed by atoms with Gasteiger partial charge >= 0.3 is 0 Å². The van der Waals surface area contributed by atoms with Crippen LogP contribution in [0.5, 0.6) is 0 Å². The Morgan fingerprint density at radius 2 is 1.67 bits per heavy atom. The number of carbonyl (C=O) groups excluding carboxylic acids is 1. The van der Waals surface area contributed by atoms with Crippen LogP contribution in [0, 0.1) is 6.92 Å². The summed E-state index contributed by atoms with van der Waals surface area (Å²) in [5, 5.41) is 2.70. The number of hydrazine groups is 1. The van der Waals surface area contributed by atoms with Crippen molar-refractivity contribution in [1.82, 2.24) is 14.5 Å². The van der Waals surface area contributed by atoms with Gasteiger partial charge < -0.3 is 0 Å². The maximum absolute atomic E-state index is 13.5. The summed E-state index contributed by atoms with van der Waals surface area (Å²) in [5.74, 6) is -0.465. The molecule has 168 valence electrons. The molecule has 8 nitrogen and oxygen atoms in total. The summed E-state index contributed by atoms with van der Waals surface area (Å²) in [7, 11) is -4.01. The first-order valence-corrected chi connectivity index (χ1v) is 11.9. The highest BCUT2D eigenvalue weighted by molar-refractivity contribution is 7.89. The maximum Gasteiger partial charge on any atom is 0.265 e. The molecule has 0 aromatic heterocycles. The Bertz CT molecular complexity index is 1310. The summed E-state index contributed by atoms with van der Waals surface area (Å²) in [6, 6.07) is 23.3. The number of hydrogen-bond donors (Lipinski definition) is 0. The number of aliphatic imine (C=N–C) groups is 1. The standard InChI is InChI=1S/C24H22N4O4S/c1-18-11-13-20(14-12-18)33(30,31)27-15-23(29)28(32-16-19-7-3-2-4-8-19)24-21-9-5-6-10-22(21)25-17-26(24)27/h2-14,17,24H,15-16H2,1H3. The van der Waals surface area contributed by atoms with Gasteiger partial charge in [-0.3, -0.25) is 14.6 Å². The molecular formula is C24H22N4O4S. The number of benzene rings is 3. The average Bonchev–Trinajstić information content (AvgIpc) is 2.83. The number of nitrogens with zero attached hydrogens (tertiary/aromatic N) is 4. The number of hydroxylamine groups is 2. The van der Waals surface area contributed by atoms with Crippen molar-refractivity contribution in [3.8, 4) is 0 Å².